The maximum Gasteiger partial charge on any atom is 0.534 e. The number of carbonyl (C=O) groups is 1. The predicted octanol–water partition coefficient (Wildman–Crippen LogP) is 4.85. The number of hydrogen-bond donors (Lipinski definition) is 0. The number of ketones is 1. The number of alkyl halides is 3. The molecule has 8 heteroatoms. The van der Waals surface area contributed by atoms with Gasteiger partial charge in [-0.1, -0.05) is 59.9 Å². The third kappa shape index (κ3) is 5.32. The molecule has 0 fully saturated rings. The minimum Gasteiger partial charge on any atom is -0.375 e. The molecule has 4 nitrogen and oxygen atoms in total. The normalized spacial score (nSPS) is 11.4. The van der Waals surface area contributed by atoms with E-state index in [1.807, 2.05) is 6.92 Å². The minimum absolute atomic E-state index is 0.0422. The highest BCUT2D eigenvalue weighted by atomic mass is 32.2. The Morgan fingerprint density at radius 1 is 0.871 bits per heavy atom. The van der Waals surface area contributed by atoms with E-state index in [1.54, 1.807) is 42.5 Å². The SMILES string of the molecule is Cc1ccc(C#Cc2ccc(C(=O)c3ccccc3)cc2OS(=O)(=O)C(F)(F)F)cc1. The molecule has 0 heterocycles. The second-order valence-electron chi connectivity index (χ2n) is 6.51. The van der Waals surface area contributed by atoms with Crippen molar-refractivity contribution < 1.29 is 30.6 Å². The summed E-state index contributed by atoms with van der Waals surface area (Å²) in [5.41, 5.74) is -3.94. The molecule has 0 saturated carbocycles. The van der Waals surface area contributed by atoms with Gasteiger partial charge in [0.2, 0.25) is 0 Å². The van der Waals surface area contributed by atoms with Crippen LogP contribution in [0, 0.1) is 18.8 Å². The second-order valence-corrected chi connectivity index (χ2v) is 8.04. The Morgan fingerprint density at radius 2 is 1.52 bits per heavy atom. The maximum atomic E-state index is 12.8. The summed E-state index contributed by atoms with van der Waals surface area (Å²) in [6.45, 7) is 1.88. The van der Waals surface area contributed by atoms with E-state index in [9.17, 15) is 26.4 Å². The van der Waals surface area contributed by atoms with Gasteiger partial charge in [0, 0.05) is 16.7 Å². The number of halogens is 3. The molecule has 3 rings (SSSR count). The van der Waals surface area contributed by atoms with Gasteiger partial charge in [0.05, 0.1) is 5.56 Å². The van der Waals surface area contributed by atoms with Crippen molar-refractivity contribution >= 4 is 15.9 Å². The van der Waals surface area contributed by atoms with Crippen LogP contribution in [0.25, 0.3) is 0 Å². The highest BCUT2D eigenvalue weighted by molar-refractivity contribution is 7.88. The third-order valence-corrected chi connectivity index (χ3v) is 5.12. The Hall–Kier alpha value is -3.57. The molecule has 3 aromatic rings. The zero-order valence-electron chi connectivity index (χ0n) is 16.1. The number of benzene rings is 3. The van der Waals surface area contributed by atoms with Crippen LogP contribution in [0.15, 0.2) is 72.8 Å². The molecule has 0 aliphatic heterocycles. The summed E-state index contributed by atoms with van der Waals surface area (Å²) < 4.78 is 66.0. The maximum absolute atomic E-state index is 12.8. The van der Waals surface area contributed by atoms with Crippen molar-refractivity contribution in [1.29, 1.82) is 0 Å². The Morgan fingerprint density at radius 3 is 2.13 bits per heavy atom. The van der Waals surface area contributed by atoms with Crippen LogP contribution in [-0.4, -0.2) is 19.7 Å². The van der Waals surface area contributed by atoms with E-state index in [0.717, 1.165) is 11.6 Å². The van der Waals surface area contributed by atoms with E-state index in [4.69, 9.17) is 0 Å². The van der Waals surface area contributed by atoms with Crippen LogP contribution in [0.5, 0.6) is 5.75 Å². The first-order chi connectivity index (χ1) is 14.6. The molecule has 0 aliphatic rings. The van der Waals surface area contributed by atoms with Crippen LogP contribution in [0.4, 0.5) is 13.2 Å². The van der Waals surface area contributed by atoms with Crippen LogP contribution in [0.1, 0.15) is 32.6 Å². The Labute approximate surface area is 177 Å². The van der Waals surface area contributed by atoms with Gasteiger partial charge in [-0.15, -0.1) is 0 Å². The van der Waals surface area contributed by atoms with E-state index in [2.05, 4.69) is 16.0 Å². The molecule has 0 bridgehead atoms. The number of aryl methyl sites for hydroxylation is 1. The van der Waals surface area contributed by atoms with Crippen LogP contribution >= 0.6 is 0 Å². The smallest absolute Gasteiger partial charge is 0.375 e. The fraction of sp³-hybridized carbons (Fsp3) is 0.0870. The first-order valence-corrected chi connectivity index (χ1v) is 10.3. The van der Waals surface area contributed by atoms with Crippen LogP contribution < -0.4 is 4.18 Å². The summed E-state index contributed by atoms with van der Waals surface area (Å²) in [7, 11) is -5.95. The molecule has 0 radical (unpaired) electrons. The average molecular weight is 444 g/mol. The van der Waals surface area contributed by atoms with Gasteiger partial charge in [0.15, 0.2) is 11.5 Å². The Balaban J connectivity index is 2.06. The van der Waals surface area contributed by atoms with E-state index >= 15 is 0 Å². The van der Waals surface area contributed by atoms with Crippen LogP contribution in [-0.2, 0) is 10.1 Å². The number of hydrogen-bond acceptors (Lipinski definition) is 4. The first kappa shape index (κ1) is 22.1. The largest absolute Gasteiger partial charge is 0.534 e. The summed E-state index contributed by atoms with van der Waals surface area (Å²) in [6, 6.07) is 18.6. The molecule has 0 atom stereocenters. The highest BCUT2D eigenvalue weighted by Gasteiger charge is 2.48. The lowest BCUT2D eigenvalue weighted by Crippen LogP contribution is -2.28. The van der Waals surface area contributed by atoms with E-state index < -0.39 is 27.2 Å². The van der Waals surface area contributed by atoms with E-state index in [1.165, 1.54) is 24.3 Å². The monoisotopic (exact) mass is 444 g/mol. The van der Waals surface area contributed by atoms with Gasteiger partial charge in [-0.2, -0.15) is 21.6 Å². The minimum atomic E-state index is -5.95. The highest BCUT2D eigenvalue weighted by Crippen LogP contribution is 2.30. The molecule has 31 heavy (non-hydrogen) atoms. The van der Waals surface area contributed by atoms with Crippen molar-refractivity contribution in [2.75, 3.05) is 0 Å². The lowest BCUT2D eigenvalue weighted by Gasteiger charge is -2.12. The molecule has 3 aromatic carbocycles. The summed E-state index contributed by atoms with van der Waals surface area (Å²) in [5.74, 6) is 4.16. The van der Waals surface area contributed by atoms with Gasteiger partial charge >= 0.3 is 15.6 Å². The fourth-order valence-electron chi connectivity index (χ4n) is 2.53. The predicted molar refractivity (Wildman–Crippen MR) is 109 cm³/mol. The van der Waals surface area contributed by atoms with Gasteiger partial charge < -0.3 is 4.18 Å². The van der Waals surface area contributed by atoms with E-state index in [0.29, 0.717) is 5.56 Å². The number of carbonyl (C=O) groups excluding carboxylic acids is 1. The van der Waals surface area contributed by atoms with Gasteiger partial charge in [0.25, 0.3) is 0 Å². The van der Waals surface area contributed by atoms with Crippen molar-refractivity contribution in [3.05, 3.63) is 101 Å². The molecule has 0 aliphatic carbocycles. The molecule has 0 spiro atoms. The van der Waals surface area contributed by atoms with E-state index in [-0.39, 0.29) is 16.7 Å². The molecule has 0 N–H and O–H groups in total. The summed E-state index contributed by atoms with van der Waals surface area (Å²) in [5, 5.41) is 0. The molecular formula is C23H15F3O4S. The molecule has 0 amide bonds. The van der Waals surface area contributed by atoms with Crippen LogP contribution in [0.3, 0.4) is 0 Å². The van der Waals surface area contributed by atoms with Gasteiger partial charge in [-0.25, -0.2) is 0 Å². The van der Waals surface area contributed by atoms with Crippen molar-refractivity contribution in [3.63, 3.8) is 0 Å². The van der Waals surface area contributed by atoms with Gasteiger partial charge in [0.1, 0.15) is 0 Å². The van der Waals surface area contributed by atoms with Crippen LogP contribution in [0.2, 0.25) is 0 Å². The zero-order valence-corrected chi connectivity index (χ0v) is 16.9. The van der Waals surface area contributed by atoms with Crippen molar-refractivity contribution in [1.82, 2.24) is 0 Å². The molecule has 158 valence electrons. The van der Waals surface area contributed by atoms with Crippen molar-refractivity contribution in [2.45, 2.75) is 12.4 Å². The van der Waals surface area contributed by atoms with Gasteiger partial charge in [-0.05, 0) is 37.3 Å². The van der Waals surface area contributed by atoms with Gasteiger partial charge in [-0.3, -0.25) is 4.79 Å². The lowest BCUT2D eigenvalue weighted by molar-refractivity contribution is -0.0500. The zero-order chi connectivity index (χ0) is 22.6. The Bertz CT molecular complexity index is 1270. The fourth-order valence-corrected chi connectivity index (χ4v) is 3.00. The molecule has 0 saturated heterocycles. The summed E-state index contributed by atoms with van der Waals surface area (Å²) in [6.07, 6.45) is 0. The lowest BCUT2D eigenvalue weighted by atomic mass is 10.0. The molecule has 0 aromatic heterocycles. The first-order valence-electron chi connectivity index (χ1n) is 8.90. The Kier molecular flexibility index (Phi) is 6.18. The number of rotatable bonds is 4. The summed E-state index contributed by atoms with van der Waals surface area (Å²) >= 11 is 0. The summed E-state index contributed by atoms with van der Waals surface area (Å²) in [4.78, 5) is 12.6. The standard InChI is InChI=1S/C23H15F3O4S/c1-16-7-9-17(10-8-16)11-12-18-13-14-20(22(27)19-5-3-2-4-6-19)15-21(18)30-31(28,29)23(24,25)26/h2-10,13-15H,1H3. The van der Waals surface area contributed by atoms with Crippen molar-refractivity contribution in [3.8, 4) is 17.6 Å². The third-order valence-electron chi connectivity index (χ3n) is 4.16. The molecular weight excluding hydrogens is 429 g/mol. The molecule has 0 unspecified atom stereocenters. The quantitative estimate of drug-likeness (QED) is 0.250. The van der Waals surface area contributed by atoms with Crippen molar-refractivity contribution in [2.24, 2.45) is 0 Å². The topological polar surface area (TPSA) is 60.4 Å². The second kappa shape index (κ2) is 8.66. The average Bonchev–Trinajstić information content (AvgIpc) is 2.73.